The molecule has 0 heterocycles. The van der Waals surface area contributed by atoms with Gasteiger partial charge in [0.15, 0.2) is 0 Å². The average molecular weight is 240 g/mol. The normalized spacial score (nSPS) is 41.9. The van der Waals surface area contributed by atoms with Gasteiger partial charge in [0.1, 0.15) is 0 Å². The predicted molar refractivity (Wildman–Crippen MR) is 75.6 cm³/mol. The summed E-state index contributed by atoms with van der Waals surface area (Å²) in [5, 5.41) is 0. The zero-order valence-electron chi connectivity index (χ0n) is 11.4. The Morgan fingerprint density at radius 2 is 1.83 bits per heavy atom. The molecule has 0 aliphatic heterocycles. The van der Waals surface area contributed by atoms with Crippen LogP contribution in [-0.4, -0.2) is 0 Å². The van der Waals surface area contributed by atoms with Gasteiger partial charge in [-0.05, 0) is 66.4 Å². The largest absolute Gasteiger partial charge is 0.0622 e. The van der Waals surface area contributed by atoms with Crippen molar-refractivity contribution in [3.05, 3.63) is 35.4 Å². The van der Waals surface area contributed by atoms with Crippen molar-refractivity contribution in [2.24, 2.45) is 23.7 Å². The van der Waals surface area contributed by atoms with E-state index >= 15 is 0 Å². The van der Waals surface area contributed by atoms with Crippen molar-refractivity contribution in [2.75, 3.05) is 0 Å². The maximum absolute atomic E-state index is 2.51. The second-order valence-electron chi connectivity index (χ2n) is 6.98. The van der Waals surface area contributed by atoms with Crippen molar-refractivity contribution in [3.63, 3.8) is 0 Å². The van der Waals surface area contributed by atoms with Crippen molar-refractivity contribution in [2.45, 2.75) is 51.4 Å². The zero-order chi connectivity index (χ0) is 12.1. The molecule has 1 aromatic rings. The molecule has 0 heteroatoms. The SMILES string of the molecule is CC1CCCC2C1C[C@@H]1c3ccccc3CC[C@@H]21. The fourth-order valence-corrected chi connectivity index (χ4v) is 5.45. The summed E-state index contributed by atoms with van der Waals surface area (Å²) in [7, 11) is 0. The zero-order valence-corrected chi connectivity index (χ0v) is 11.4. The van der Waals surface area contributed by atoms with E-state index in [-0.39, 0.29) is 0 Å². The van der Waals surface area contributed by atoms with Crippen molar-refractivity contribution in [1.82, 2.24) is 0 Å². The van der Waals surface area contributed by atoms with Crippen LogP contribution in [0.25, 0.3) is 0 Å². The van der Waals surface area contributed by atoms with Gasteiger partial charge in [-0.25, -0.2) is 0 Å². The molecule has 1 aromatic carbocycles. The van der Waals surface area contributed by atoms with Crippen LogP contribution in [0.4, 0.5) is 0 Å². The van der Waals surface area contributed by atoms with Gasteiger partial charge < -0.3 is 0 Å². The Balaban J connectivity index is 1.71. The first kappa shape index (κ1) is 11.1. The van der Waals surface area contributed by atoms with Gasteiger partial charge in [0, 0.05) is 0 Å². The molecule has 0 amide bonds. The summed E-state index contributed by atoms with van der Waals surface area (Å²) < 4.78 is 0. The topological polar surface area (TPSA) is 0 Å². The molecular formula is C18H24. The fraction of sp³-hybridized carbons (Fsp3) is 0.667. The fourth-order valence-electron chi connectivity index (χ4n) is 5.45. The van der Waals surface area contributed by atoms with Gasteiger partial charge in [-0.1, -0.05) is 44.0 Å². The number of benzene rings is 1. The minimum Gasteiger partial charge on any atom is -0.0622 e. The lowest BCUT2D eigenvalue weighted by Crippen LogP contribution is -2.27. The molecular weight excluding hydrogens is 216 g/mol. The van der Waals surface area contributed by atoms with Crippen molar-refractivity contribution in [3.8, 4) is 0 Å². The third-order valence-electron chi connectivity index (χ3n) is 6.27. The summed E-state index contributed by atoms with van der Waals surface area (Å²) in [6.45, 7) is 2.51. The number of fused-ring (bicyclic) bond motifs is 5. The molecule has 0 saturated heterocycles. The Morgan fingerprint density at radius 1 is 0.944 bits per heavy atom. The van der Waals surface area contributed by atoms with E-state index in [4.69, 9.17) is 0 Å². The van der Waals surface area contributed by atoms with Crippen molar-refractivity contribution in [1.29, 1.82) is 0 Å². The molecule has 4 rings (SSSR count). The molecule has 0 nitrogen and oxygen atoms in total. The minimum absolute atomic E-state index is 0.908. The lowest BCUT2D eigenvalue weighted by atomic mass is 9.69. The summed E-state index contributed by atoms with van der Waals surface area (Å²) in [6.07, 6.45) is 8.81. The second kappa shape index (κ2) is 4.11. The Hall–Kier alpha value is -0.780. The Kier molecular flexibility index (Phi) is 2.53. The summed E-state index contributed by atoms with van der Waals surface area (Å²) in [5.41, 5.74) is 3.38. The molecule has 0 spiro atoms. The molecule has 0 bridgehead atoms. The lowest BCUT2D eigenvalue weighted by Gasteiger charge is -2.36. The van der Waals surface area contributed by atoms with E-state index in [0.717, 1.165) is 29.6 Å². The number of aryl methyl sites for hydroxylation is 1. The molecule has 2 saturated carbocycles. The van der Waals surface area contributed by atoms with Gasteiger partial charge in [0.2, 0.25) is 0 Å². The summed E-state index contributed by atoms with van der Waals surface area (Å²) in [6, 6.07) is 9.28. The Morgan fingerprint density at radius 3 is 2.78 bits per heavy atom. The highest BCUT2D eigenvalue weighted by Gasteiger charge is 2.48. The summed E-state index contributed by atoms with van der Waals surface area (Å²) >= 11 is 0. The van der Waals surface area contributed by atoms with E-state index in [1.54, 1.807) is 11.1 Å². The molecule has 96 valence electrons. The Bertz CT molecular complexity index is 447. The van der Waals surface area contributed by atoms with Gasteiger partial charge in [0.05, 0.1) is 0 Å². The van der Waals surface area contributed by atoms with Crippen LogP contribution in [0.1, 0.15) is 56.1 Å². The van der Waals surface area contributed by atoms with E-state index in [1.807, 2.05) is 0 Å². The number of rotatable bonds is 0. The molecule has 0 N–H and O–H groups in total. The quantitative estimate of drug-likeness (QED) is 0.611. The lowest BCUT2D eigenvalue weighted by molar-refractivity contribution is 0.159. The second-order valence-corrected chi connectivity index (χ2v) is 6.98. The monoisotopic (exact) mass is 240 g/mol. The van der Waals surface area contributed by atoms with Crippen LogP contribution in [-0.2, 0) is 6.42 Å². The van der Waals surface area contributed by atoms with Crippen LogP contribution >= 0.6 is 0 Å². The van der Waals surface area contributed by atoms with E-state index in [9.17, 15) is 0 Å². The number of hydrogen-bond donors (Lipinski definition) is 0. The van der Waals surface area contributed by atoms with Crippen LogP contribution in [0.5, 0.6) is 0 Å². The van der Waals surface area contributed by atoms with Crippen LogP contribution in [0.2, 0.25) is 0 Å². The average Bonchev–Trinajstić information content (AvgIpc) is 2.79. The summed E-state index contributed by atoms with van der Waals surface area (Å²) in [4.78, 5) is 0. The first-order chi connectivity index (χ1) is 8.84. The molecule has 18 heavy (non-hydrogen) atoms. The van der Waals surface area contributed by atoms with Gasteiger partial charge >= 0.3 is 0 Å². The maximum Gasteiger partial charge on any atom is -0.0125 e. The maximum atomic E-state index is 2.51. The molecule has 3 unspecified atom stereocenters. The molecule has 3 aliphatic carbocycles. The van der Waals surface area contributed by atoms with Gasteiger partial charge in [-0.2, -0.15) is 0 Å². The third kappa shape index (κ3) is 1.51. The molecule has 3 aliphatic rings. The minimum atomic E-state index is 0.908. The smallest absolute Gasteiger partial charge is 0.0125 e. The first-order valence-corrected chi connectivity index (χ1v) is 7.92. The summed E-state index contributed by atoms with van der Waals surface area (Å²) in [5.74, 6) is 5.02. The van der Waals surface area contributed by atoms with E-state index in [1.165, 1.54) is 38.5 Å². The highest BCUT2D eigenvalue weighted by Crippen LogP contribution is 2.58. The van der Waals surface area contributed by atoms with E-state index < -0.39 is 0 Å². The number of hydrogen-bond acceptors (Lipinski definition) is 0. The van der Waals surface area contributed by atoms with Gasteiger partial charge in [0.25, 0.3) is 0 Å². The molecule has 5 atom stereocenters. The molecule has 2 fully saturated rings. The van der Waals surface area contributed by atoms with Crippen LogP contribution in [0, 0.1) is 23.7 Å². The van der Waals surface area contributed by atoms with Gasteiger partial charge in [-0.15, -0.1) is 0 Å². The predicted octanol–water partition coefficient (Wildman–Crippen LogP) is 4.79. The highest BCUT2D eigenvalue weighted by atomic mass is 14.5. The van der Waals surface area contributed by atoms with Crippen LogP contribution in [0.3, 0.4) is 0 Å². The molecule has 0 radical (unpaired) electrons. The van der Waals surface area contributed by atoms with Crippen LogP contribution in [0.15, 0.2) is 24.3 Å². The Labute approximate surface area is 111 Å². The van der Waals surface area contributed by atoms with Crippen molar-refractivity contribution < 1.29 is 0 Å². The first-order valence-electron chi connectivity index (χ1n) is 7.92. The van der Waals surface area contributed by atoms with E-state index in [0.29, 0.717) is 0 Å². The van der Waals surface area contributed by atoms with E-state index in [2.05, 4.69) is 31.2 Å². The third-order valence-corrected chi connectivity index (χ3v) is 6.27. The van der Waals surface area contributed by atoms with Crippen LogP contribution < -0.4 is 0 Å². The highest BCUT2D eigenvalue weighted by molar-refractivity contribution is 5.35. The van der Waals surface area contributed by atoms with Crippen molar-refractivity contribution >= 4 is 0 Å². The van der Waals surface area contributed by atoms with Gasteiger partial charge in [-0.3, -0.25) is 0 Å². The standard InChI is InChI=1S/C18H24/c1-12-5-4-8-15-16-10-9-13-6-2-3-7-14(13)18(16)11-17(12)15/h2-3,6-7,12,15-18H,4-5,8-11H2,1H3/t12?,15?,16-,17?,18+/m0/s1. The molecule has 0 aromatic heterocycles.